The van der Waals surface area contributed by atoms with Crippen molar-refractivity contribution in [3.8, 4) is 0 Å². The van der Waals surface area contributed by atoms with Crippen molar-refractivity contribution in [3.05, 3.63) is 60.7 Å². The maximum atomic E-state index is 11.9. The van der Waals surface area contributed by atoms with E-state index in [1.54, 1.807) is 36.4 Å². The van der Waals surface area contributed by atoms with E-state index < -0.39 is 11.8 Å². The average Bonchev–Trinajstić information content (AvgIpc) is 2.76. The summed E-state index contributed by atoms with van der Waals surface area (Å²) in [5.74, 6) is -1.09. The van der Waals surface area contributed by atoms with Crippen LogP contribution in [0, 0.1) is 0 Å². The molecule has 0 spiro atoms. The van der Waals surface area contributed by atoms with Gasteiger partial charge in [0.05, 0.1) is 11.4 Å². The van der Waals surface area contributed by atoms with Gasteiger partial charge in [0.1, 0.15) is 0 Å². The van der Waals surface area contributed by atoms with Crippen molar-refractivity contribution in [2.24, 2.45) is 4.99 Å². The molecule has 98 valence electrons. The van der Waals surface area contributed by atoms with Crippen LogP contribution < -0.4 is 10.2 Å². The van der Waals surface area contributed by atoms with Gasteiger partial charge in [0, 0.05) is 0 Å². The zero-order chi connectivity index (χ0) is 13.9. The molecule has 1 saturated heterocycles. The molecule has 1 heterocycles. The van der Waals surface area contributed by atoms with E-state index in [9.17, 15) is 9.59 Å². The fraction of sp³-hybridized carbons (Fsp3) is 0. The molecule has 20 heavy (non-hydrogen) atoms. The van der Waals surface area contributed by atoms with Crippen molar-refractivity contribution >= 4 is 29.1 Å². The Kier molecular flexibility index (Phi) is 3.01. The van der Waals surface area contributed by atoms with Gasteiger partial charge in [0.25, 0.3) is 0 Å². The molecular formula is C15H11N3O2. The molecule has 0 unspecified atom stereocenters. The summed E-state index contributed by atoms with van der Waals surface area (Å²) in [5, 5.41) is 2.49. The van der Waals surface area contributed by atoms with Gasteiger partial charge < -0.3 is 0 Å². The van der Waals surface area contributed by atoms with Crippen LogP contribution in [0.15, 0.2) is 65.7 Å². The fourth-order valence-electron chi connectivity index (χ4n) is 1.93. The molecule has 2 aromatic rings. The summed E-state index contributed by atoms with van der Waals surface area (Å²) in [4.78, 5) is 29.1. The molecule has 2 amide bonds. The predicted molar refractivity (Wildman–Crippen MR) is 75.6 cm³/mol. The molecule has 0 atom stereocenters. The summed E-state index contributed by atoms with van der Waals surface area (Å²) in [6, 6.07) is 18.1. The summed E-state index contributed by atoms with van der Waals surface area (Å²) >= 11 is 0. The van der Waals surface area contributed by atoms with Crippen LogP contribution in [0.2, 0.25) is 0 Å². The Morgan fingerprint density at radius 1 is 0.850 bits per heavy atom. The number of aliphatic imine (C=N–C) groups is 1. The minimum atomic E-state index is -0.677. The minimum Gasteiger partial charge on any atom is -0.287 e. The Morgan fingerprint density at radius 2 is 1.45 bits per heavy atom. The van der Waals surface area contributed by atoms with E-state index >= 15 is 0 Å². The second kappa shape index (κ2) is 4.97. The summed E-state index contributed by atoms with van der Waals surface area (Å²) in [5.41, 5.74) is 1.27. The van der Waals surface area contributed by atoms with E-state index in [2.05, 4.69) is 10.3 Å². The third-order valence-electron chi connectivity index (χ3n) is 2.84. The van der Waals surface area contributed by atoms with Crippen LogP contribution in [0.4, 0.5) is 11.4 Å². The quantitative estimate of drug-likeness (QED) is 0.842. The number of carbonyl (C=O) groups excluding carboxylic acids is 2. The summed E-state index contributed by atoms with van der Waals surface area (Å²) in [6.45, 7) is 0. The van der Waals surface area contributed by atoms with Crippen molar-refractivity contribution in [2.45, 2.75) is 0 Å². The highest BCUT2D eigenvalue weighted by Crippen LogP contribution is 2.19. The number of hydrogen-bond acceptors (Lipinski definition) is 3. The lowest BCUT2D eigenvalue weighted by Gasteiger charge is -2.14. The van der Waals surface area contributed by atoms with Crippen molar-refractivity contribution in [3.63, 3.8) is 0 Å². The molecule has 1 fully saturated rings. The van der Waals surface area contributed by atoms with Crippen LogP contribution >= 0.6 is 0 Å². The summed E-state index contributed by atoms with van der Waals surface area (Å²) < 4.78 is 0. The van der Waals surface area contributed by atoms with Crippen LogP contribution in [0.5, 0.6) is 0 Å². The SMILES string of the molecule is O=C1NC(=Nc2ccccc2)N(c2ccccc2)C1=O. The van der Waals surface area contributed by atoms with Gasteiger partial charge in [-0.05, 0) is 24.3 Å². The summed E-state index contributed by atoms with van der Waals surface area (Å²) in [7, 11) is 0. The molecule has 5 nitrogen and oxygen atoms in total. The Bertz CT molecular complexity index is 681. The smallest absolute Gasteiger partial charge is 0.287 e. The van der Waals surface area contributed by atoms with Gasteiger partial charge >= 0.3 is 11.8 Å². The number of benzene rings is 2. The number of para-hydroxylation sites is 2. The number of anilines is 1. The predicted octanol–water partition coefficient (Wildman–Crippen LogP) is 1.84. The van der Waals surface area contributed by atoms with Crippen LogP contribution in [-0.4, -0.2) is 17.8 Å². The standard InChI is InChI=1S/C15H11N3O2/c19-13-14(20)18(12-9-5-2-6-10-12)15(17-13)16-11-7-3-1-4-8-11/h1-10H,(H,16,17,19). The molecule has 1 N–H and O–H groups in total. The molecule has 5 heteroatoms. The van der Waals surface area contributed by atoms with Crippen LogP contribution in [0.3, 0.4) is 0 Å². The van der Waals surface area contributed by atoms with E-state index in [1.165, 1.54) is 4.90 Å². The van der Waals surface area contributed by atoms with Crippen molar-refractivity contribution in [1.29, 1.82) is 0 Å². The second-order valence-electron chi connectivity index (χ2n) is 4.20. The number of amides is 2. The minimum absolute atomic E-state index is 0.220. The molecule has 3 rings (SSSR count). The van der Waals surface area contributed by atoms with Crippen molar-refractivity contribution < 1.29 is 9.59 Å². The molecule has 1 aliphatic rings. The van der Waals surface area contributed by atoms with E-state index in [1.807, 2.05) is 24.3 Å². The lowest BCUT2D eigenvalue weighted by atomic mass is 10.3. The number of guanidine groups is 1. The van der Waals surface area contributed by atoms with E-state index in [-0.39, 0.29) is 5.96 Å². The van der Waals surface area contributed by atoms with Gasteiger partial charge in [-0.2, -0.15) is 0 Å². The second-order valence-corrected chi connectivity index (χ2v) is 4.20. The van der Waals surface area contributed by atoms with Gasteiger partial charge in [-0.1, -0.05) is 36.4 Å². The third-order valence-corrected chi connectivity index (χ3v) is 2.84. The van der Waals surface area contributed by atoms with Crippen LogP contribution in [0.25, 0.3) is 0 Å². The monoisotopic (exact) mass is 265 g/mol. The highest BCUT2D eigenvalue weighted by Gasteiger charge is 2.36. The van der Waals surface area contributed by atoms with Gasteiger partial charge in [-0.15, -0.1) is 0 Å². The van der Waals surface area contributed by atoms with E-state index in [0.717, 1.165) is 0 Å². The maximum absolute atomic E-state index is 11.9. The number of carbonyl (C=O) groups is 2. The van der Waals surface area contributed by atoms with Crippen LogP contribution in [-0.2, 0) is 9.59 Å². The highest BCUT2D eigenvalue weighted by atomic mass is 16.2. The van der Waals surface area contributed by atoms with E-state index in [4.69, 9.17) is 0 Å². The van der Waals surface area contributed by atoms with Gasteiger partial charge in [-0.25, -0.2) is 9.89 Å². The normalized spacial score (nSPS) is 16.6. The Hall–Kier alpha value is -2.95. The van der Waals surface area contributed by atoms with E-state index in [0.29, 0.717) is 11.4 Å². The number of hydrogen-bond donors (Lipinski definition) is 1. The molecule has 1 aliphatic heterocycles. The zero-order valence-electron chi connectivity index (χ0n) is 10.5. The first-order valence-electron chi connectivity index (χ1n) is 6.10. The maximum Gasteiger partial charge on any atom is 0.323 e. The molecule has 0 saturated carbocycles. The van der Waals surface area contributed by atoms with Crippen molar-refractivity contribution in [2.75, 3.05) is 4.90 Å². The molecule has 0 aliphatic carbocycles. The molecule has 0 bridgehead atoms. The first-order valence-corrected chi connectivity index (χ1v) is 6.10. The van der Waals surface area contributed by atoms with Crippen molar-refractivity contribution in [1.82, 2.24) is 5.32 Å². The Balaban J connectivity index is 2.03. The number of nitrogens with zero attached hydrogens (tertiary/aromatic N) is 2. The van der Waals surface area contributed by atoms with Crippen LogP contribution in [0.1, 0.15) is 0 Å². The zero-order valence-corrected chi connectivity index (χ0v) is 10.5. The number of nitrogens with one attached hydrogen (secondary N) is 1. The lowest BCUT2D eigenvalue weighted by Crippen LogP contribution is -2.32. The Labute approximate surface area is 115 Å². The largest absolute Gasteiger partial charge is 0.323 e. The fourth-order valence-corrected chi connectivity index (χ4v) is 1.93. The molecule has 0 radical (unpaired) electrons. The molecule has 2 aromatic carbocycles. The topological polar surface area (TPSA) is 61.8 Å². The Morgan fingerprint density at radius 3 is 2.10 bits per heavy atom. The third kappa shape index (κ3) is 2.16. The van der Waals surface area contributed by atoms with Gasteiger partial charge in [0.15, 0.2) is 0 Å². The van der Waals surface area contributed by atoms with Gasteiger partial charge in [-0.3, -0.25) is 14.9 Å². The summed E-state index contributed by atoms with van der Waals surface area (Å²) in [6.07, 6.45) is 0. The lowest BCUT2D eigenvalue weighted by molar-refractivity contribution is -0.134. The first-order chi connectivity index (χ1) is 9.75. The highest BCUT2D eigenvalue weighted by molar-refractivity contribution is 6.53. The molecule has 0 aromatic heterocycles. The first kappa shape index (κ1) is 12.1. The van der Waals surface area contributed by atoms with Gasteiger partial charge in [0.2, 0.25) is 5.96 Å². The number of rotatable bonds is 2. The average molecular weight is 265 g/mol. The molecular weight excluding hydrogens is 254 g/mol.